The number of ether oxygens (including phenoxy) is 3. The van der Waals surface area contributed by atoms with Crippen LogP contribution in [0.1, 0.15) is 13.3 Å². The average molecular weight is 203 g/mol. The third-order valence-corrected chi connectivity index (χ3v) is 2.30. The van der Waals surface area contributed by atoms with Gasteiger partial charge in [-0.3, -0.25) is 0 Å². The fraction of sp³-hybridized carbons (Fsp3) is 1.00. The summed E-state index contributed by atoms with van der Waals surface area (Å²) in [5, 5.41) is 3.27. The van der Waals surface area contributed by atoms with E-state index < -0.39 is 0 Å². The molecular formula is C10H21NO3. The van der Waals surface area contributed by atoms with Crippen LogP contribution in [-0.2, 0) is 14.2 Å². The summed E-state index contributed by atoms with van der Waals surface area (Å²) >= 11 is 0. The van der Waals surface area contributed by atoms with Crippen LogP contribution in [0.2, 0.25) is 0 Å². The van der Waals surface area contributed by atoms with E-state index in [0.717, 1.165) is 32.7 Å². The standard InChI is InChI=1S/C10H21NO3/c1-9(3-5-12-2)14-8-10-7-11-4-6-13-10/h9-11H,3-8H2,1-2H3. The minimum absolute atomic E-state index is 0.216. The van der Waals surface area contributed by atoms with Crippen molar-refractivity contribution in [2.45, 2.75) is 25.6 Å². The van der Waals surface area contributed by atoms with Crippen molar-refractivity contribution in [3.8, 4) is 0 Å². The molecule has 1 aliphatic rings. The van der Waals surface area contributed by atoms with Gasteiger partial charge in [0.1, 0.15) is 0 Å². The lowest BCUT2D eigenvalue weighted by Crippen LogP contribution is -2.41. The van der Waals surface area contributed by atoms with Crippen LogP contribution in [0.4, 0.5) is 0 Å². The van der Waals surface area contributed by atoms with Crippen molar-refractivity contribution in [1.29, 1.82) is 0 Å². The Kier molecular flexibility index (Phi) is 6.10. The fourth-order valence-corrected chi connectivity index (χ4v) is 1.37. The minimum atomic E-state index is 0.216. The van der Waals surface area contributed by atoms with E-state index in [-0.39, 0.29) is 12.2 Å². The van der Waals surface area contributed by atoms with Gasteiger partial charge in [0, 0.05) is 26.8 Å². The van der Waals surface area contributed by atoms with Crippen LogP contribution in [0.25, 0.3) is 0 Å². The molecule has 0 aromatic heterocycles. The monoisotopic (exact) mass is 203 g/mol. The van der Waals surface area contributed by atoms with E-state index in [1.807, 2.05) is 0 Å². The molecule has 0 bridgehead atoms. The van der Waals surface area contributed by atoms with E-state index >= 15 is 0 Å². The molecular weight excluding hydrogens is 182 g/mol. The largest absolute Gasteiger partial charge is 0.385 e. The summed E-state index contributed by atoms with van der Waals surface area (Å²) in [6.07, 6.45) is 1.41. The summed E-state index contributed by atoms with van der Waals surface area (Å²) in [6, 6.07) is 0. The van der Waals surface area contributed by atoms with Crippen molar-refractivity contribution < 1.29 is 14.2 Å². The van der Waals surface area contributed by atoms with Gasteiger partial charge in [0.05, 0.1) is 25.4 Å². The molecule has 1 N–H and O–H groups in total. The zero-order valence-corrected chi connectivity index (χ0v) is 9.12. The molecule has 84 valence electrons. The second-order valence-electron chi connectivity index (χ2n) is 3.62. The third-order valence-electron chi connectivity index (χ3n) is 2.30. The molecule has 0 aromatic carbocycles. The maximum atomic E-state index is 5.64. The van der Waals surface area contributed by atoms with Gasteiger partial charge in [-0.1, -0.05) is 0 Å². The molecule has 0 saturated carbocycles. The molecule has 0 radical (unpaired) electrons. The number of hydrogen-bond donors (Lipinski definition) is 1. The van der Waals surface area contributed by atoms with Crippen molar-refractivity contribution >= 4 is 0 Å². The Balaban J connectivity index is 2.00. The number of rotatable bonds is 6. The number of morpholine rings is 1. The Labute approximate surface area is 85.9 Å². The van der Waals surface area contributed by atoms with E-state index in [2.05, 4.69) is 12.2 Å². The SMILES string of the molecule is COCCC(C)OCC1CNCCO1. The Morgan fingerprint density at radius 3 is 3.07 bits per heavy atom. The Morgan fingerprint density at radius 1 is 1.57 bits per heavy atom. The molecule has 1 saturated heterocycles. The van der Waals surface area contributed by atoms with E-state index in [9.17, 15) is 0 Å². The molecule has 14 heavy (non-hydrogen) atoms. The van der Waals surface area contributed by atoms with E-state index in [4.69, 9.17) is 14.2 Å². The summed E-state index contributed by atoms with van der Waals surface area (Å²) in [5.41, 5.74) is 0. The zero-order chi connectivity index (χ0) is 10.2. The van der Waals surface area contributed by atoms with Gasteiger partial charge in [-0.05, 0) is 13.3 Å². The molecule has 0 amide bonds. The topological polar surface area (TPSA) is 39.7 Å². The molecule has 1 rings (SSSR count). The second-order valence-corrected chi connectivity index (χ2v) is 3.62. The Bertz CT molecular complexity index is 137. The molecule has 2 atom stereocenters. The van der Waals surface area contributed by atoms with Crippen LogP contribution < -0.4 is 5.32 Å². The van der Waals surface area contributed by atoms with E-state index in [1.165, 1.54) is 0 Å². The van der Waals surface area contributed by atoms with Crippen LogP contribution in [0.5, 0.6) is 0 Å². The van der Waals surface area contributed by atoms with Gasteiger partial charge in [-0.25, -0.2) is 0 Å². The van der Waals surface area contributed by atoms with Gasteiger partial charge in [-0.15, -0.1) is 0 Å². The highest BCUT2D eigenvalue weighted by atomic mass is 16.5. The van der Waals surface area contributed by atoms with Gasteiger partial charge in [-0.2, -0.15) is 0 Å². The van der Waals surface area contributed by atoms with Gasteiger partial charge in [0.2, 0.25) is 0 Å². The first-order valence-electron chi connectivity index (χ1n) is 5.25. The lowest BCUT2D eigenvalue weighted by atomic mass is 10.3. The number of nitrogens with one attached hydrogen (secondary N) is 1. The second kappa shape index (κ2) is 7.17. The van der Waals surface area contributed by atoms with Gasteiger partial charge in [0.25, 0.3) is 0 Å². The molecule has 4 heteroatoms. The average Bonchev–Trinajstić information content (AvgIpc) is 2.25. The Morgan fingerprint density at radius 2 is 2.43 bits per heavy atom. The number of methoxy groups -OCH3 is 1. The van der Waals surface area contributed by atoms with E-state index in [0.29, 0.717) is 6.61 Å². The summed E-state index contributed by atoms with van der Waals surface area (Å²) in [6.45, 7) is 6.14. The highest BCUT2D eigenvalue weighted by Crippen LogP contribution is 2.02. The van der Waals surface area contributed by atoms with Crippen molar-refractivity contribution in [2.24, 2.45) is 0 Å². The fourth-order valence-electron chi connectivity index (χ4n) is 1.37. The Hall–Kier alpha value is -0.160. The highest BCUT2D eigenvalue weighted by Gasteiger charge is 2.14. The van der Waals surface area contributed by atoms with Crippen molar-refractivity contribution in [2.75, 3.05) is 40.0 Å². The van der Waals surface area contributed by atoms with Crippen LogP contribution in [-0.4, -0.2) is 52.2 Å². The first-order chi connectivity index (χ1) is 6.83. The van der Waals surface area contributed by atoms with Crippen molar-refractivity contribution in [3.63, 3.8) is 0 Å². The lowest BCUT2D eigenvalue weighted by Gasteiger charge is -2.24. The molecule has 0 aromatic rings. The van der Waals surface area contributed by atoms with E-state index in [1.54, 1.807) is 7.11 Å². The third kappa shape index (κ3) is 4.91. The molecule has 1 heterocycles. The summed E-state index contributed by atoms with van der Waals surface area (Å²) in [5.74, 6) is 0. The molecule has 0 aliphatic carbocycles. The molecule has 0 spiro atoms. The maximum absolute atomic E-state index is 5.64. The lowest BCUT2D eigenvalue weighted by molar-refractivity contribution is -0.0561. The molecule has 1 aliphatic heterocycles. The van der Waals surface area contributed by atoms with Crippen LogP contribution in [0.3, 0.4) is 0 Å². The summed E-state index contributed by atoms with van der Waals surface area (Å²) < 4.78 is 16.1. The number of hydrogen-bond acceptors (Lipinski definition) is 4. The predicted octanol–water partition coefficient (Wildman–Crippen LogP) is 0.416. The summed E-state index contributed by atoms with van der Waals surface area (Å²) in [4.78, 5) is 0. The maximum Gasteiger partial charge on any atom is 0.0933 e. The van der Waals surface area contributed by atoms with Gasteiger partial charge >= 0.3 is 0 Å². The minimum Gasteiger partial charge on any atom is -0.385 e. The molecule has 2 unspecified atom stereocenters. The normalized spacial score (nSPS) is 24.9. The highest BCUT2D eigenvalue weighted by molar-refractivity contribution is 4.66. The van der Waals surface area contributed by atoms with Crippen LogP contribution in [0, 0.1) is 0 Å². The molecule has 1 fully saturated rings. The van der Waals surface area contributed by atoms with Crippen LogP contribution >= 0.6 is 0 Å². The molecule has 4 nitrogen and oxygen atoms in total. The first kappa shape index (κ1) is 11.9. The smallest absolute Gasteiger partial charge is 0.0933 e. The predicted molar refractivity (Wildman–Crippen MR) is 54.5 cm³/mol. The zero-order valence-electron chi connectivity index (χ0n) is 9.12. The van der Waals surface area contributed by atoms with Crippen LogP contribution in [0.15, 0.2) is 0 Å². The van der Waals surface area contributed by atoms with Gasteiger partial charge in [0.15, 0.2) is 0 Å². The first-order valence-corrected chi connectivity index (χ1v) is 5.25. The van der Waals surface area contributed by atoms with Gasteiger partial charge < -0.3 is 19.5 Å². The quantitative estimate of drug-likeness (QED) is 0.679. The summed E-state index contributed by atoms with van der Waals surface area (Å²) in [7, 11) is 1.71. The van der Waals surface area contributed by atoms with Crippen molar-refractivity contribution in [3.05, 3.63) is 0 Å². The van der Waals surface area contributed by atoms with Crippen molar-refractivity contribution in [1.82, 2.24) is 5.32 Å².